The number of imidazole rings is 1. The van der Waals surface area contributed by atoms with Crippen molar-refractivity contribution < 1.29 is 29.1 Å². The van der Waals surface area contributed by atoms with Gasteiger partial charge in [0, 0.05) is 31.3 Å². The number of aromatic nitrogens is 2. The standard InChI is InChI=1S/C22H38N10O6S/c1-39-8-6-14(19(35)31-15(21(37)38)3-2-7-28-22(25)26)30-20(36)16(9-12-10-27-11-29-12)32-18(34)13(23)4-5-17(24)33/h10-11,13-16H,2-9,23H2,1H3,(H2,24,33)(H,27,29)(H,30,36)(H,31,35)(H,32,34)(H,37,38)(H4,25,26,28). The molecule has 39 heavy (non-hydrogen) atoms. The first-order valence-electron chi connectivity index (χ1n) is 12.1. The summed E-state index contributed by atoms with van der Waals surface area (Å²) in [5, 5.41) is 17.1. The molecule has 4 amide bonds. The van der Waals surface area contributed by atoms with Gasteiger partial charge in [0.25, 0.3) is 0 Å². The lowest BCUT2D eigenvalue weighted by molar-refractivity contribution is -0.142. The molecule has 0 aliphatic carbocycles. The Morgan fingerprint density at radius 2 is 1.64 bits per heavy atom. The molecule has 13 N–H and O–H groups in total. The predicted octanol–water partition coefficient (Wildman–Crippen LogP) is -3.11. The highest BCUT2D eigenvalue weighted by Gasteiger charge is 2.30. The Morgan fingerprint density at radius 3 is 2.21 bits per heavy atom. The lowest BCUT2D eigenvalue weighted by Crippen LogP contribution is -2.57. The summed E-state index contributed by atoms with van der Waals surface area (Å²) in [5.41, 5.74) is 22.0. The normalized spacial score (nSPS) is 13.8. The van der Waals surface area contributed by atoms with Gasteiger partial charge in [-0.1, -0.05) is 0 Å². The van der Waals surface area contributed by atoms with Gasteiger partial charge in [-0.25, -0.2) is 9.78 Å². The van der Waals surface area contributed by atoms with Gasteiger partial charge in [0.05, 0.1) is 12.4 Å². The van der Waals surface area contributed by atoms with E-state index in [1.807, 2.05) is 6.26 Å². The van der Waals surface area contributed by atoms with Crippen LogP contribution >= 0.6 is 11.8 Å². The van der Waals surface area contributed by atoms with E-state index in [9.17, 15) is 29.1 Å². The number of H-pyrrole nitrogens is 1. The minimum absolute atomic E-state index is 0.000474. The van der Waals surface area contributed by atoms with Gasteiger partial charge >= 0.3 is 5.97 Å². The van der Waals surface area contributed by atoms with Gasteiger partial charge in [-0.3, -0.25) is 24.2 Å². The number of carbonyl (C=O) groups excluding carboxylic acids is 4. The van der Waals surface area contributed by atoms with E-state index in [0.717, 1.165) is 0 Å². The van der Waals surface area contributed by atoms with Gasteiger partial charge in [-0.2, -0.15) is 11.8 Å². The first-order valence-corrected chi connectivity index (χ1v) is 13.5. The van der Waals surface area contributed by atoms with E-state index in [4.69, 9.17) is 22.9 Å². The molecule has 1 aromatic rings. The molecule has 0 radical (unpaired) electrons. The largest absolute Gasteiger partial charge is 0.480 e. The van der Waals surface area contributed by atoms with Crippen molar-refractivity contribution in [2.75, 3.05) is 18.6 Å². The summed E-state index contributed by atoms with van der Waals surface area (Å²) in [6.45, 7) is 0.186. The molecule has 0 spiro atoms. The van der Waals surface area contributed by atoms with Crippen LogP contribution in [0, 0.1) is 0 Å². The number of aliphatic carboxylic acids is 1. The maximum absolute atomic E-state index is 13.2. The summed E-state index contributed by atoms with van der Waals surface area (Å²) in [7, 11) is 0. The Bertz CT molecular complexity index is 986. The second kappa shape index (κ2) is 17.6. The molecular weight excluding hydrogens is 532 g/mol. The van der Waals surface area contributed by atoms with Crippen LogP contribution in [0.3, 0.4) is 0 Å². The molecular formula is C22H38N10O6S. The number of guanidine groups is 1. The number of hydrogen-bond acceptors (Lipinski definition) is 9. The van der Waals surface area contributed by atoms with Crippen LogP contribution < -0.4 is 38.9 Å². The quantitative estimate of drug-likeness (QED) is 0.0455. The second-order valence-corrected chi connectivity index (χ2v) is 9.63. The number of amides is 4. The number of carboxylic acids is 1. The topological polar surface area (TPSA) is 287 Å². The second-order valence-electron chi connectivity index (χ2n) is 8.64. The predicted molar refractivity (Wildman–Crippen MR) is 145 cm³/mol. The number of rotatable bonds is 19. The summed E-state index contributed by atoms with van der Waals surface area (Å²) in [6, 6.07) is -4.57. The minimum atomic E-state index is -1.25. The molecule has 1 heterocycles. The third-order valence-corrected chi connectivity index (χ3v) is 6.10. The molecule has 0 aromatic carbocycles. The Kier molecular flexibility index (Phi) is 15.0. The molecule has 0 bridgehead atoms. The zero-order chi connectivity index (χ0) is 29.4. The van der Waals surface area contributed by atoms with Gasteiger partial charge in [0.1, 0.15) is 18.1 Å². The van der Waals surface area contributed by atoms with E-state index >= 15 is 0 Å². The number of thioether (sulfide) groups is 1. The maximum atomic E-state index is 13.2. The number of primary amides is 1. The highest BCUT2D eigenvalue weighted by atomic mass is 32.2. The lowest BCUT2D eigenvalue weighted by Gasteiger charge is -2.25. The molecule has 0 saturated heterocycles. The third-order valence-electron chi connectivity index (χ3n) is 5.45. The van der Waals surface area contributed by atoms with Crippen LogP contribution in [-0.4, -0.2) is 93.4 Å². The fourth-order valence-corrected chi connectivity index (χ4v) is 3.81. The molecule has 1 rings (SSSR count). The highest BCUT2D eigenvalue weighted by molar-refractivity contribution is 7.98. The minimum Gasteiger partial charge on any atom is -0.480 e. The summed E-state index contributed by atoms with van der Waals surface area (Å²) >= 11 is 1.43. The zero-order valence-electron chi connectivity index (χ0n) is 21.7. The van der Waals surface area contributed by atoms with Crippen molar-refractivity contribution in [1.29, 1.82) is 0 Å². The van der Waals surface area contributed by atoms with Gasteiger partial charge < -0.3 is 49.0 Å². The van der Waals surface area contributed by atoms with E-state index in [-0.39, 0.29) is 44.6 Å². The molecule has 0 aliphatic heterocycles. The van der Waals surface area contributed by atoms with Crippen molar-refractivity contribution in [3.8, 4) is 0 Å². The number of aromatic amines is 1. The van der Waals surface area contributed by atoms with E-state index < -0.39 is 53.8 Å². The zero-order valence-corrected chi connectivity index (χ0v) is 22.5. The lowest BCUT2D eigenvalue weighted by atomic mass is 10.1. The summed E-state index contributed by atoms with van der Waals surface area (Å²) < 4.78 is 0. The number of aliphatic imine (C=N–C) groups is 1. The fraction of sp³-hybridized carbons (Fsp3) is 0.591. The SMILES string of the molecule is CSCCC(NC(=O)C(Cc1cnc[nH]1)NC(=O)C(N)CCC(N)=O)C(=O)NC(CCCN=C(N)N)C(=O)O. The molecule has 0 saturated carbocycles. The molecule has 4 unspecified atom stereocenters. The van der Waals surface area contributed by atoms with Crippen molar-refractivity contribution in [2.24, 2.45) is 27.9 Å². The first-order chi connectivity index (χ1) is 18.4. The molecule has 0 fully saturated rings. The van der Waals surface area contributed by atoms with Crippen molar-refractivity contribution in [1.82, 2.24) is 25.9 Å². The average Bonchev–Trinajstić information content (AvgIpc) is 3.38. The number of nitrogens with zero attached hydrogens (tertiary/aromatic N) is 2. The van der Waals surface area contributed by atoms with Crippen LogP contribution in [-0.2, 0) is 30.4 Å². The van der Waals surface area contributed by atoms with Crippen molar-refractivity contribution >= 4 is 47.3 Å². The molecule has 1 aromatic heterocycles. The van der Waals surface area contributed by atoms with Crippen LogP contribution in [0.1, 0.15) is 37.8 Å². The molecule has 0 aliphatic rings. The maximum Gasteiger partial charge on any atom is 0.326 e. The van der Waals surface area contributed by atoms with Crippen LogP contribution in [0.25, 0.3) is 0 Å². The average molecular weight is 571 g/mol. The summed E-state index contributed by atoms with van der Waals surface area (Å²) in [4.78, 5) is 72.1. The van der Waals surface area contributed by atoms with E-state index in [1.165, 1.54) is 24.3 Å². The van der Waals surface area contributed by atoms with Crippen LogP contribution in [0.2, 0.25) is 0 Å². The molecule has 4 atom stereocenters. The Balaban J connectivity index is 2.98. The number of carboxylic acid groups (broad SMARTS) is 1. The van der Waals surface area contributed by atoms with Crippen LogP contribution in [0.15, 0.2) is 17.5 Å². The summed E-state index contributed by atoms with van der Waals surface area (Å²) in [5.74, 6) is -3.60. The van der Waals surface area contributed by atoms with Crippen LogP contribution in [0.5, 0.6) is 0 Å². The molecule has 218 valence electrons. The van der Waals surface area contributed by atoms with Crippen molar-refractivity contribution in [3.63, 3.8) is 0 Å². The van der Waals surface area contributed by atoms with Gasteiger partial charge in [-0.05, 0) is 37.7 Å². The number of nitrogens with one attached hydrogen (secondary N) is 4. The Labute approximate surface area is 229 Å². The molecule has 16 nitrogen and oxygen atoms in total. The molecule has 17 heteroatoms. The highest BCUT2D eigenvalue weighted by Crippen LogP contribution is 2.07. The fourth-order valence-electron chi connectivity index (χ4n) is 3.34. The van der Waals surface area contributed by atoms with E-state index in [2.05, 4.69) is 30.9 Å². The number of hydrogen-bond donors (Lipinski definition) is 9. The first kappa shape index (κ1) is 33.2. The van der Waals surface area contributed by atoms with Gasteiger partial charge in [-0.15, -0.1) is 0 Å². The Morgan fingerprint density at radius 1 is 1.00 bits per heavy atom. The van der Waals surface area contributed by atoms with Gasteiger partial charge in [0.2, 0.25) is 23.6 Å². The number of nitrogens with two attached hydrogens (primary N) is 4. The van der Waals surface area contributed by atoms with Gasteiger partial charge in [0.15, 0.2) is 5.96 Å². The van der Waals surface area contributed by atoms with E-state index in [1.54, 1.807) is 0 Å². The monoisotopic (exact) mass is 570 g/mol. The van der Waals surface area contributed by atoms with Crippen molar-refractivity contribution in [2.45, 2.75) is 62.7 Å². The van der Waals surface area contributed by atoms with Crippen molar-refractivity contribution in [3.05, 3.63) is 18.2 Å². The Hall–Kier alpha value is -3.86. The van der Waals surface area contributed by atoms with E-state index in [0.29, 0.717) is 17.9 Å². The third kappa shape index (κ3) is 13.5. The van der Waals surface area contributed by atoms with Crippen LogP contribution in [0.4, 0.5) is 0 Å². The number of carbonyl (C=O) groups is 5. The summed E-state index contributed by atoms with van der Waals surface area (Å²) in [6.07, 6.45) is 5.11. The smallest absolute Gasteiger partial charge is 0.326 e.